The highest BCUT2D eigenvalue weighted by Crippen LogP contribution is 2.34. The van der Waals surface area contributed by atoms with Crippen molar-refractivity contribution >= 4 is 5.69 Å². The fourth-order valence-corrected chi connectivity index (χ4v) is 2.43. The highest BCUT2D eigenvalue weighted by atomic mass is 16.6. The van der Waals surface area contributed by atoms with Gasteiger partial charge in [-0.2, -0.15) is 5.10 Å². The van der Waals surface area contributed by atoms with Crippen LogP contribution in [0.3, 0.4) is 0 Å². The second-order valence-electron chi connectivity index (χ2n) is 5.33. The van der Waals surface area contributed by atoms with Crippen molar-refractivity contribution in [1.82, 2.24) is 20.0 Å². The first kappa shape index (κ1) is 15.1. The molecule has 128 valence electrons. The first-order valence-corrected chi connectivity index (χ1v) is 7.58. The number of ether oxygens (including phenoxy) is 2. The summed E-state index contributed by atoms with van der Waals surface area (Å²) in [5, 5.41) is 22.6. The predicted octanol–water partition coefficient (Wildman–Crippen LogP) is 1.86. The molecule has 1 aliphatic rings. The van der Waals surface area contributed by atoms with Gasteiger partial charge in [-0.05, 0) is 18.2 Å². The van der Waals surface area contributed by atoms with E-state index < -0.39 is 4.92 Å². The monoisotopic (exact) mass is 343 g/mol. The molecule has 1 aromatic carbocycles. The average molecular weight is 343 g/mol. The van der Waals surface area contributed by atoms with E-state index in [1.807, 2.05) is 6.07 Å². The summed E-state index contributed by atoms with van der Waals surface area (Å²) >= 11 is 0. The third-order valence-electron chi connectivity index (χ3n) is 3.64. The van der Waals surface area contributed by atoms with Crippen LogP contribution in [0.25, 0.3) is 11.5 Å². The number of fused-ring (bicyclic) bond motifs is 1. The van der Waals surface area contributed by atoms with Gasteiger partial charge in [-0.15, -0.1) is 10.2 Å². The Bertz CT molecular complexity index is 919. The molecule has 0 unspecified atom stereocenters. The Morgan fingerprint density at radius 1 is 1.20 bits per heavy atom. The zero-order valence-electron chi connectivity index (χ0n) is 13.0. The van der Waals surface area contributed by atoms with Gasteiger partial charge in [0.05, 0.1) is 4.92 Å². The maximum Gasteiger partial charge on any atom is 0.306 e. The molecule has 10 nitrogen and oxygen atoms in total. The molecule has 10 heteroatoms. The topological polar surface area (TPSA) is 118 Å². The van der Waals surface area contributed by atoms with Crippen LogP contribution in [0, 0.1) is 10.1 Å². The third-order valence-corrected chi connectivity index (χ3v) is 3.64. The van der Waals surface area contributed by atoms with Crippen molar-refractivity contribution in [2.24, 2.45) is 0 Å². The lowest BCUT2D eigenvalue weighted by molar-refractivity contribution is -0.385. The fraction of sp³-hybridized carbons (Fsp3) is 0.267. The molecule has 25 heavy (non-hydrogen) atoms. The van der Waals surface area contributed by atoms with Crippen LogP contribution >= 0.6 is 0 Å². The SMILES string of the molecule is O=[N+]([O-])c1cnn(CCc2nnc(-c3ccc4c(c3)OCCO4)o2)c1. The van der Waals surface area contributed by atoms with E-state index in [9.17, 15) is 10.1 Å². The van der Waals surface area contributed by atoms with Crippen molar-refractivity contribution in [3.63, 3.8) is 0 Å². The summed E-state index contributed by atoms with van der Waals surface area (Å²) in [5.41, 5.74) is 0.681. The first-order valence-electron chi connectivity index (χ1n) is 7.58. The largest absolute Gasteiger partial charge is 0.486 e. The summed E-state index contributed by atoms with van der Waals surface area (Å²) in [6.45, 7) is 1.43. The number of aromatic nitrogens is 4. The number of aryl methyl sites for hydroxylation is 2. The Labute approximate surface area is 141 Å². The molecule has 0 spiro atoms. The lowest BCUT2D eigenvalue weighted by atomic mass is 10.2. The highest BCUT2D eigenvalue weighted by Gasteiger charge is 2.16. The van der Waals surface area contributed by atoms with Crippen LogP contribution in [0.2, 0.25) is 0 Å². The summed E-state index contributed by atoms with van der Waals surface area (Å²) in [4.78, 5) is 10.2. The molecule has 0 fully saturated rings. The quantitative estimate of drug-likeness (QED) is 0.509. The zero-order valence-corrected chi connectivity index (χ0v) is 13.0. The van der Waals surface area contributed by atoms with Crippen molar-refractivity contribution in [3.8, 4) is 23.0 Å². The number of hydrogen-bond acceptors (Lipinski definition) is 8. The molecule has 3 heterocycles. The Balaban J connectivity index is 1.45. The van der Waals surface area contributed by atoms with Gasteiger partial charge in [0.15, 0.2) is 11.5 Å². The number of rotatable bonds is 5. The fourth-order valence-electron chi connectivity index (χ4n) is 2.43. The molecule has 0 atom stereocenters. The van der Waals surface area contributed by atoms with E-state index in [0.717, 1.165) is 5.56 Å². The molecule has 0 aliphatic carbocycles. The Morgan fingerprint density at radius 3 is 2.84 bits per heavy atom. The Hall–Kier alpha value is -3.43. The maximum absolute atomic E-state index is 10.6. The van der Waals surface area contributed by atoms with Crippen LogP contribution in [0.1, 0.15) is 5.89 Å². The second-order valence-corrected chi connectivity index (χ2v) is 5.33. The predicted molar refractivity (Wildman–Crippen MR) is 83.3 cm³/mol. The molecular weight excluding hydrogens is 330 g/mol. The standard InChI is InChI=1S/C15H13N5O5/c21-20(22)11-8-16-19(9-11)4-3-14-17-18-15(25-14)10-1-2-12-13(7-10)24-6-5-23-12/h1-2,7-9H,3-6H2. The van der Waals surface area contributed by atoms with Crippen molar-refractivity contribution in [2.45, 2.75) is 13.0 Å². The third kappa shape index (κ3) is 3.13. The van der Waals surface area contributed by atoms with Crippen molar-refractivity contribution in [1.29, 1.82) is 0 Å². The summed E-state index contributed by atoms with van der Waals surface area (Å²) in [5.74, 6) is 2.13. The van der Waals surface area contributed by atoms with Crippen LogP contribution in [0.15, 0.2) is 35.0 Å². The van der Waals surface area contributed by atoms with Gasteiger partial charge in [0.25, 0.3) is 0 Å². The van der Waals surface area contributed by atoms with Crippen LogP contribution < -0.4 is 9.47 Å². The molecule has 2 aromatic heterocycles. The molecular formula is C15H13N5O5. The van der Waals surface area contributed by atoms with E-state index in [-0.39, 0.29) is 5.69 Å². The van der Waals surface area contributed by atoms with Crippen LogP contribution in [0.4, 0.5) is 5.69 Å². The lowest BCUT2D eigenvalue weighted by Crippen LogP contribution is -2.15. The summed E-state index contributed by atoms with van der Waals surface area (Å²) in [6, 6.07) is 5.42. The molecule has 0 bridgehead atoms. The average Bonchev–Trinajstić information content (AvgIpc) is 3.29. The van der Waals surface area contributed by atoms with Gasteiger partial charge in [-0.1, -0.05) is 0 Å². The number of nitro groups is 1. The first-order chi connectivity index (χ1) is 12.2. The second kappa shape index (κ2) is 6.23. The molecule has 4 rings (SSSR count). The van der Waals surface area contributed by atoms with Gasteiger partial charge in [0, 0.05) is 18.5 Å². The van der Waals surface area contributed by atoms with Crippen molar-refractivity contribution in [3.05, 3.63) is 46.6 Å². The summed E-state index contributed by atoms with van der Waals surface area (Å²) < 4.78 is 18.1. The molecule has 0 saturated heterocycles. The summed E-state index contributed by atoms with van der Waals surface area (Å²) in [7, 11) is 0. The lowest BCUT2D eigenvalue weighted by Gasteiger charge is -2.18. The molecule has 0 N–H and O–H groups in total. The van der Waals surface area contributed by atoms with Crippen LogP contribution in [0.5, 0.6) is 11.5 Å². The molecule has 1 aliphatic heterocycles. The summed E-state index contributed by atoms with van der Waals surface area (Å²) in [6.07, 6.45) is 2.98. The van der Waals surface area contributed by atoms with Crippen LogP contribution in [-0.4, -0.2) is 38.1 Å². The maximum atomic E-state index is 10.6. The number of nitrogens with zero attached hydrogens (tertiary/aromatic N) is 5. The van der Waals surface area contributed by atoms with Gasteiger partial charge in [0.2, 0.25) is 11.8 Å². The minimum Gasteiger partial charge on any atom is -0.486 e. The van der Waals surface area contributed by atoms with Crippen molar-refractivity contribution < 1.29 is 18.8 Å². The van der Waals surface area contributed by atoms with E-state index in [1.54, 1.807) is 12.1 Å². The van der Waals surface area contributed by atoms with Gasteiger partial charge >= 0.3 is 5.69 Å². The van der Waals surface area contributed by atoms with E-state index in [0.29, 0.717) is 49.5 Å². The highest BCUT2D eigenvalue weighted by molar-refractivity contribution is 5.59. The van der Waals surface area contributed by atoms with E-state index in [2.05, 4.69) is 15.3 Å². The van der Waals surface area contributed by atoms with Gasteiger partial charge in [0.1, 0.15) is 25.6 Å². The van der Waals surface area contributed by atoms with Crippen LogP contribution in [-0.2, 0) is 13.0 Å². The smallest absolute Gasteiger partial charge is 0.306 e. The van der Waals surface area contributed by atoms with Crippen molar-refractivity contribution in [2.75, 3.05) is 13.2 Å². The Morgan fingerprint density at radius 2 is 2.04 bits per heavy atom. The minimum atomic E-state index is -0.490. The molecule has 0 amide bonds. The van der Waals surface area contributed by atoms with Gasteiger partial charge in [-0.3, -0.25) is 14.8 Å². The van der Waals surface area contributed by atoms with Gasteiger partial charge in [-0.25, -0.2) is 0 Å². The molecule has 0 radical (unpaired) electrons. The zero-order chi connectivity index (χ0) is 17.2. The normalized spacial score (nSPS) is 13.0. The van der Waals surface area contributed by atoms with Gasteiger partial charge < -0.3 is 13.9 Å². The Kier molecular flexibility index (Phi) is 3.77. The van der Waals surface area contributed by atoms with E-state index in [1.165, 1.54) is 17.1 Å². The minimum absolute atomic E-state index is 0.0532. The molecule has 3 aromatic rings. The van der Waals surface area contributed by atoms with E-state index in [4.69, 9.17) is 13.9 Å². The molecule has 0 saturated carbocycles. The number of benzene rings is 1. The number of hydrogen-bond donors (Lipinski definition) is 0. The van der Waals surface area contributed by atoms with E-state index >= 15 is 0 Å².